The van der Waals surface area contributed by atoms with Crippen molar-refractivity contribution in [2.45, 2.75) is 0 Å². The van der Waals surface area contributed by atoms with Crippen LogP contribution in [0.2, 0.25) is 0 Å². The van der Waals surface area contributed by atoms with Gasteiger partial charge in [0.25, 0.3) is 0 Å². The molecule has 0 aliphatic carbocycles. The molecule has 110 valence electrons. The minimum atomic E-state index is -0.977. The number of ether oxygens (including phenoxy) is 1. The van der Waals surface area contributed by atoms with Crippen molar-refractivity contribution in [3.8, 4) is 11.2 Å². The van der Waals surface area contributed by atoms with Gasteiger partial charge in [-0.2, -0.15) is 10.0 Å². The number of hydrogen-bond donors (Lipinski definition) is 1. The zero-order valence-corrected chi connectivity index (χ0v) is 13.3. The highest BCUT2D eigenvalue weighted by Gasteiger charge is 2.11. The summed E-state index contributed by atoms with van der Waals surface area (Å²) in [5, 5.41) is 3.72. The van der Waals surface area contributed by atoms with Gasteiger partial charge < -0.3 is 9.72 Å². The topological polar surface area (TPSA) is 59.2 Å². The van der Waals surface area contributed by atoms with Crippen LogP contribution in [0.15, 0.2) is 29.1 Å². The van der Waals surface area contributed by atoms with Gasteiger partial charge >= 0.3 is 5.97 Å². The van der Waals surface area contributed by atoms with E-state index in [1.54, 1.807) is 12.1 Å². The van der Waals surface area contributed by atoms with Crippen molar-refractivity contribution in [2.75, 3.05) is 25.9 Å². The summed E-state index contributed by atoms with van der Waals surface area (Å²) in [6, 6.07) is 6.58. The highest BCUT2D eigenvalue weighted by molar-refractivity contribution is 8.35. The highest BCUT2D eigenvalue weighted by Crippen LogP contribution is 2.32. The second kappa shape index (κ2) is 5.66. The second-order valence-corrected chi connectivity index (χ2v) is 9.21. The van der Waals surface area contributed by atoms with Crippen molar-refractivity contribution in [3.05, 3.63) is 45.7 Å². The molecule has 2 aromatic rings. The molecule has 0 aliphatic heterocycles. The smallest absolute Gasteiger partial charge is 0.354 e. The van der Waals surface area contributed by atoms with Gasteiger partial charge in [0, 0.05) is 17.0 Å². The average Bonchev–Trinajstić information content (AvgIpc) is 2.43. The molecule has 0 spiro atoms. The minimum Gasteiger partial charge on any atom is -0.464 e. The van der Waals surface area contributed by atoms with Gasteiger partial charge in [-0.25, -0.2) is 4.79 Å². The number of carbonyl (C=O) groups excluding carboxylic acids is 1. The zero-order chi connectivity index (χ0) is 15.6. The maximum atomic E-state index is 12.1. The van der Waals surface area contributed by atoms with Crippen molar-refractivity contribution >= 4 is 26.9 Å². The van der Waals surface area contributed by atoms with E-state index in [1.807, 2.05) is 6.07 Å². The molecule has 0 atom stereocenters. The fourth-order valence-electron chi connectivity index (χ4n) is 1.80. The molecule has 0 unspecified atom stereocenters. The summed E-state index contributed by atoms with van der Waals surface area (Å²) in [7, 11) is 0.300. The molecule has 21 heavy (non-hydrogen) atoms. The molecule has 4 nitrogen and oxygen atoms in total. The maximum Gasteiger partial charge on any atom is 0.354 e. The average molecular weight is 303 g/mol. The summed E-state index contributed by atoms with van der Waals surface area (Å²) in [6.07, 6.45) is 6.27. The molecule has 0 radical (unpaired) electrons. The standard InChI is InChI=1S/C16H17NO3S/c1-20-16(19)13-10-14(18)12-7-5-6-11(15(12)17-13)8-9-21(2,3)4/h5-7,10H,1-4H3,(H,17,18). The van der Waals surface area contributed by atoms with E-state index in [9.17, 15) is 9.59 Å². The Hall–Kier alpha value is -2.19. The van der Waals surface area contributed by atoms with E-state index >= 15 is 0 Å². The number of carbonyl (C=O) groups is 1. The Morgan fingerprint density at radius 3 is 2.62 bits per heavy atom. The van der Waals surface area contributed by atoms with Gasteiger partial charge in [0.05, 0.1) is 12.6 Å². The predicted molar refractivity (Wildman–Crippen MR) is 88.1 cm³/mol. The molecule has 0 aliphatic rings. The molecule has 5 heteroatoms. The van der Waals surface area contributed by atoms with E-state index in [4.69, 9.17) is 0 Å². The SMILES string of the molecule is COC(=O)c1cc(=O)c2cccc(C#CS(C)(C)C)c2[nH]1. The third-order valence-corrected chi connectivity index (χ3v) is 3.48. The number of nitrogens with one attached hydrogen (secondary N) is 1. The third kappa shape index (κ3) is 3.47. The first kappa shape index (κ1) is 15.2. The minimum absolute atomic E-state index is 0.132. The molecule has 0 fully saturated rings. The Balaban J connectivity index is 2.72. The van der Waals surface area contributed by atoms with Crippen LogP contribution in [-0.2, 0) is 4.74 Å². The molecule has 0 saturated heterocycles. The fraction of sp³-hybridized carbons (Fsp3) is 0.250. The molecule has 1 aromatic carbocycles. The number of H-pyrrole nitrogens is 1. The summed E-state index contributed by atoms with van der Waals surface area (Å²) < 4.78 is 4.65. The van der Waals surface area contributed by atoms with Crippen LogP contribution in [0.4, 0.5) is 0 Å². The third-order valence-electron chi connectivity index (χ3n) is 2.76. The molecular formula is C16H17NO3S. The first-order chi connectivity index (χ1) is 9.81. The molecule has 0 amide bonds. The summed E-state index contributed by atoms with van der Waals surface area (Å²) in [5.41, 5.74) is 1.18. The molecule has 2 rings (SSSR count). The first-order valence-electron chi connectivity index (χ1n) is 6.27. The van der Waals surface area contributed by atoms with Gasteiger partial charge in [-0.05, 0) is 36.2 Å². The Morgan fingerprint density at radius 1 is 1.29 bits per heavy atom. The van der Waals surface area contributed by atoms with Crippen molar-refractivity contribution < 1.29 is 9.53 Å². The number of aromatic amines is 1. The summed E-state index contributed by atoms with van der Waals surface area (Å²) in [5.74, 6) is 2.53. The molecule has 0 bridgehead atoms. The normalized spacial score (nSPS) is 11.6. The van der Waals surface area contributed by atoms with Crippen molar-refractivity contribution in [2.24, 2.45) is 0 Å². The largest absolute Gasteiger partial charge is 0.464 e. The van der Waals surface area contributed by atoms with Crippen molar-refractivity contribution in [3.63, 3.8) is 0 Å². The number of esters is 1. The number of methoxy groups -OCH3 is 1. The summed E-state index contributed by atoms with van der Waals surface area (Å²) in [4.78, 5) is 26.7. The lowest BCUT2D eigenvalue weighted by atomic mass is 10.1. The van der Waals surface area contributed by atoms with Gasteiger partial charge in [0.15, 0.2) is 5.43 Å². The number of hydrogen-bond acceptors (Lipinski definition) is 3. The van der Waals surface area contributed by atoms with E-state index in [0.29, 0.717) is 16.5 Å². The Morgan fingerprint density at radius 2 is 2.00 bits per heavy atom. The van der Waals surface area contributed by atoms with Gasteiger partial charge in [0.1, 0.15) is 5.69 Å². The van der Waals surface area contributed by atoms with E-state index in [2.05, 4.69) is 39.7 Å². The fourth-order valence-corrected chi connectivity index (χ4v) is 2.22. The lowest BCUT2D eigenvalue weighted by Gasteiger charge is -2.15. The quantitative estimate of drug-likeness (QED) is 0.649. The number of para-hydroxylation sites is 1. The maximum absolute atomic E-state index is 12.1. The Bertz CT molecular complexity index is 819. The zero-order valence-electron chi connectivity index (χ0n) is 12.4. The van der Waals surface area contributed by atoms with Crippen LogP contribution in [0.1, 0.15) is 16.1 Å². The summed E-state index contributed by atoms with van der Waals surface area (Å²) in [6.45, 7) is 0. The van der Waals surface area contributed by atoms with Gasteiger partial charge in [-0.1, -0.05) is 12.0 Å². The molecule has 1 heterocycles. The van der Waals surface area contributed by atoms with Gasteiger partial charge in [-0.15, -0.1) is 0 Å². The second-order valence-electron chi connectivity index (χ2n) is 5.33. The molecular weight excluding hydrogens is 286 g/mol. The highest BCUT2D eigenvalue weighted by atomic mass is 32.3. The Kier molecular flexibility index (Phi) is 4.10. The predicted octanol–water partition coefficient (Wildman–Crippen LogP) is 2.32. The van der Waals surface area contributed by atoms with Gasteiger partial charge in [-0.3, -0.25) is 4.79 Å². The summed E-state index contributed by atoms with van der Waals surface area (Å²) >= 11 is 0. The number of aromatic nitrogens is 1. The van der Waals surface area contributed by atoms with Crippen LogP contribution in [0, 0.1) is 11.2 Å². The molecule has 1 N–H and O–H groups in total. The number of fused-ring (bicyclic) bond motifs is 1. The van der Waals surface area contributed by atoms with E-state index in [-0.39, 0.29) is 11.1 Å². The number of pyridine rings is 1. The number of benzene rings is 1. The van der Waals surface area contributed by atoms with Crippen LogP contribution in [0.5, 0.6) is 0 Å². The molecule has 1 aromatic heterocycles. The van der Waals surface area contributed by atoms with Gasteiger partial charge in [0.2, 0.25) is 0 Å². The first-order valence-corrected chi connectivity index (χ1v) is 9.13. The monoisotopic (exact) mass is 303 g/mol. The van der Waals surface area contributed by atoms with Crippen molar-refractivity contribution in [1.82, 2.24) is 4.98 Å². The van der Waals surface area contributed by atoms with E-state index in [0.717, 1.165) is 0 Å². The van der Waals surface area contributed by atoms with Crippen molar-refractivity contribution in [1.29, 1.82) is 0 Å². The van der Waals surface area contributed by atoms with Crippen LogP contribution < -0.4 is 5.43 Å². The Labute approximate surface area is 124 Å². The van der Waals surface area contributed by atoms with E-state index < -0.39 is 16.0 Å². The van der Waals surface area contributed by atoms with Crippen LogP contribution >= 0.6 is 10.0 Å². The van der Waals surface area contributed by atoms with E-state index in [1.165, 1.54) is 13.2 Å². The lowest BCUT2D eigenvalue weighted by molar-refractivity contribution is 0.0594. The number of rotatable bonds is 1. The van der Waals surface area contributed by atoms with Crippen LogP contribution in [0.3, 0.4) is 0 Å². The lowest BCUT2D eigenvalue weighted by Crippen LogP contribution is -2.11. The molecule has 0 saturated carbocycles. The van der Waals surface area contributed by atoms with Crippen LogP contribution in [-0.4, -0.2) is 36.8 Å². The van der Waals surface area contributed by atoms with Crippen LogP contribution in [0.25, 0.3) is 10.9 Å².